The quantitative estimate of drug-likeness (QED) is 0.755. The summed E-state index contributed by atoms with van der Waals surface area (Å²) < 4.78 is 0. The lowest BCUT2D eigenvalue weighted by atomic mass is 10.1. The van der Waals surface area contributed by atoms with Crippen molar-refractivity contribution in [1.82, 2.24) is 4.90 Å². The summed E-state index contributed by atoms with van der Waals surface area (Å²) in [4.78, 5) is 15.4. The highest BCUT2D eigenvalue weighted by Crippen LogP contribution is 2.19. The largest absolute Gasteiger partial charge is 0.339 e. The van der Waals surface area contributed by atoms with Crippen molar-refractivity contribution >= 4 is 17.2 Å². The number of likely N-dealkylation sites (tertiary alicyclic amines) is 1. The van der Waals surface area contributed by atoms with Gasteiger partial charge in [0, 0.05) is 23.3 Å². The van der Waals surface area contributed by atoms with Gasteiger partial charge in [-0.2, -0.15) is 0 Å². The fraction of sp³-hybridized carbons (Fsp3) is 0.583. The molecule has 0 N–H and O–H groups in total. The zero-order valence-corrected chi connectivity index (χ0v) is 9.98. The number of hydrogen-bond acceptors (Lipinski definition) is 2. The Bertz CT molecular complexity index is 339. The molecule has 3 heteroatoms. The SMILES string of the molecule is CCc1cc(C(=O)N2CCCCC2)cs1. The first-order valence-corrected chi connectivity index (χ1v) is 6.56. The molecule has 1 aliphatic heterocycles. The molecule has 1 aromatic heterocycles. The number of aryl methyl sites for hydroxylation is 1. The highest BCUT2D eigenvalue weighted by atomic mass is 32.1. The monoisotopic (exact) mass is 223 g/mol. The van der Waals surface area contributed by atoms with Gasteiger partial charge in [-0.1, -0.05) is 6.92 Å². The summed E-state index contributed by atoms with van der Waals surface area (Å²) >= 11 is 1.69. The molecule has 82 valence electrons. The van der Waals surface area contributed by atoms with Gasteiger partial charge in [-0.3, -0.25) is 4.79 Å². The Balaban J connectivity index is 2.05. The molecule has 0 bridgehead atoms. The average molecular weight is 223 g/mol. The van der Waals surface area contributed by atoms with E-state index >= 15 is 0 Å². The van der Waals surface area contributed by atoms with Crippen molar-refractivity contribution in [3.05, 3.63) is 21.9 Å². The van der Waals surface area contributed by atoms with Gasteiger partial charge in [-0.15, -0.1) is 11.3 Å². The van der Waals surface area contributed by atoms with E-state index < -0.39 is 0 Å². The summed E-state index contributed by atoms with van der Waals surface area (Å²) in [5, 5.41) is 2.00. The van der Waals surface area contributed by atoms with E-state index in [1.165, 1.54) is 11.3 Å². The number of rotatable bonds is 2. The van der Waals surface area contributed by atoms with Crippen LogP contribution in [0.3, 0.4) is 0 Å². The molecule has 1 fully saturated rings. The fourth-order valence-corrected chi connectivity index (χ4v) is 2.77. The predicted octanol–water partition coefficient (Wildman–Crippen LogP) is 2.94. The molecule has 0 aromatic carbocycles. The Morgan fingerprint density at radius 1 is 1.40 bits per heavy atom. The molecular formula is C12H17NOS. The second-order valence-corrected chi connectivity index (χ2v) is 5.00. The van der Waals surface area contributed by atoms with Crippen LogP contribution in [0.1, 0.15) is 41.4 Å². The maximum atomic E-state index is 12.1. The van der Waals surface area contributed by atoms with E-state index in [0.29, 0.717) is 0 Å². The third-order valence-corrected chi connectivity index (χ3v) is 3.97. The third kappa shape index (κ3) is 2.40. The van der Waals surface area contributed by atoms with E-state index in [1.807, 2.05) is 16.3 Å². The van der Waals surface area contributed by atoms with Crippen molar-refractivity contribution in [1.29, 1.82) is 0 Å². The Hall–Kier alpha value is -0.830. The van der Waals surface area contributed by atoms with E-state index in [0.717, 1.165) is 37.9 Å². The minimum atomic E-state index is 0.227. The number of carbonyl (C=O) groups excluding carboxylic acids is 1. The molecule has 0 spiro atoms. The number of thiophene rings is 1. The average Bonchev–Trinajstić information content (AvgIpc) is 2.78. The molecule has 2 heterocycles. The molecule has 0 unspecified atom stereocenters. The van der Waals surface area contributed by atoms with Gasteiger partial charge >= 0.3 is 0 Å². The van der Waals surface area contributed by atoms with Gasteiger partial charge in [0.25, 0.3) is 5.91 Å². The topological polar surface area (TPSA) is 20.3 Å². The fourth-order valence-electron chi connectivity index (χ4n) is 1.96. The lowest BCUT2D eigenvalue weighted by Gasteiger charge is -2.26. The van der Waals surface area contributed by atoms with Gasteiger partial charge in [0.1, 0.15) is 0 Å². The molecule has 1 saturated heterocycles. The predicted molar refractivity (Wildman–Crippen MR) is 63.5 cm³/mol. The van der Waals surface area contributed by atoms with Gasteiger partial charge in [-0.25, -0.2) is 0 Å². The summed E-state index contributed by atoms with van der Waals surface area (Å²) in [5.74, 6) is 0.227. The Morgan fingerprint density at radius 3 is 2.73 bits per heavy atom. The first-order chi connectivity index (χ1) is 7.31. The van der Waals surface area contributed by atoms with Gasteiger partial charge < -0.3 is 4.90 Å². The summed E-state index contributed by atoms with van der Waals surface area (Å²) in [6, 6.07) is 2.04. The van der Waals surface area contributed by atoms with Crippen LogP contribution in [0, 0.1) is 0 Å². The zero-order chi connectivity index (χ0) is 10.7. The molecule has 15 heavy (non-hydrogen) atoms. The number of piperidine rings is 1. The number of hydrogen-bond donors (Lipinski definition) is 0. The molecule has 0 atom stereocenters. The van der Waals surface area contributed by atoms with Crippen LogP contribution < -0.4 is 0 Å². The van der Waals surface area contributed by atoms with Gasteiger partial charge in [0.05, 0.1) is 5.56 Å². The molecule has 0 radical (unpaired) electrons. The normalized spacial score (nSPS) is 16.7. The second kappa shape index (κ2) is 4.79. The van der Waals surface area contributed by atoms with Crippen LogP contribution in [-0.2, 0) is 6.42 Å². The molecule has 2 rings (SSSR count). The summed E-state index contributed by atoms with van der Waals surface area (Å²) in [7, 11) is 0. The highest BCUT2D eigenvalue weighted by molar-refractivity contribution is 7.10. The van der Waals surface area contributed by atoms with E-state index in [-0.39, 0.29) is 5.91 Å². The van der Waals surface area contributed by atoms with Crippen LogP contribution in [0.15, 0.2) is 11.4 Å². The van der Waals surface area contributed by atoms with E-state index in [9.17, 15) is 4.79 Å². The molecule has 1 amide bonds. The van der Waals surface area contributed by atoms with Gasteiger partial charge in [-0.05, 0) is 31.7 Å². The minimum absolute atomic E-state index is 0.227. The van der Waals surface area contributed by atoms with Crippen molar-refractivity contribution in [2.45, 2.75) is 32.6 Å². The smallest absolute Gasteiger partial charge is 0.254 e. The summed E-state index contributed by atoms with van der Waals surface area (Å²) in [5.41, 5.74) is 0.888. The number of carbonyl (C=O) groups is 1. The molecular weight excluding hydrogens is 206 g/mol. The molecule has 0 aliphatic carbocycles. The van der Waals surface area contributed by atoms with Crippen LogP contribution in [0.4, 0.5) is 0 Å². The first-order valence-electron chi connectivity index (χ1n) is 5.68. The highest BCUT2D eigenvalue weighted by Gasteiger charge is 2.18. The maximum Gasteiger partial charge on any atom is 0.254 e. The summed E-state index contributed by atoms with van der Waals surface area (Å²) in [6.07, 6.45) is 4.62. The zero-order valence-electron chi connectivity index (χ0n) is 9.16. The van der Waals surface area contributed by atoms with Crippen LogP contribution >= 0.6 is 11.3 Å². The maximum absolute atomic E-state index is 12.1. The Kier molecular flexibility index (Phi) is 3.41. The van der Waals surface area contributed by atoms with Crippen LogP contribution in [0.2, 0.25) is 0 Å². The lowest BCUT2D eigenvalue weighted by Crippen LogP contribution is -2.35. The number of nitrogens with zero attached hydrogens (tertiary/aromatic N) is 1. The van der Waals surface area contributed by atoms with Crippen LogP contribution in [0.25, 0.3) is 0 Å². The Labute approximate surface area is 94.9 Å². The van der Waals surface area contributed by atoms with Crippen molar-refractivity contribution < 1.29 is 4.79 Å². The van der Waals surface area contributed by atoms with Crippen molar-refractivity contribution in [2.24, 2.45) is 0 Å². The molecule has 1 aromatic rings. The van der Waals surface area contributed by atoms with Gasteiger partial charge in [0.15, 0.2) is 0 Å². The third-order valence-electron chi connectivity index (χ3n) is 2.89. The lowest BCUT2D eigenvalue weighted by molar-refractivity contribution is 0.0725. The number of amides is 1. The first kappa shape index (κ1) is 10.7. The van der Waals surface area contributed by atoms with Crippen molar-refractivity contribution in [3.63, 3.8) is 0 Å². The second-order valence-electron chi connectivity index (χ2n) is 4.01. The summed E-state index contributed by atoms with van der Waals surface area (Å²) in [6.45, 7) is 4.01. The van der Waals surface area contributed by atoms with Gasteiger partial charge in [0.2, 0.25) is 0 Å². The van der Waals surface area contributed by atoms with E-state index in [1.54, 1.807) is 11.3 Å². The molecule has 2 nitrogen and oxygen atoms in total. The van der Waals surface area contributed by atoms with Crippen molar-refractivity contribution in [2.75, 3.05) is 13.1 Å². The Morgan fingerprint density at radius 2 is 2.13 bits per heavy atom. The standard InChI is InChI=1S/C12H17NOS/c1-2-11-8-10(9-15-11)12(14)13-6-4-3-5-7-13/h8-9H,2-7H2,1H3. The van der Waals surface area contributed by atoms with E-state index in [4.69, 9.17) is 0 Å². The van der Waals surface area contributed by atoms with Crippen molar-refractivity contribution in [3.8, 4) is 0 Å². The molecule has 1 aliphatic rings. The minimum Gasteiger partial charge on any atom is -0.339 e. The van der Waals surface area contributed by atoms with Crippen LogP contribution in [0.5, 0.6) is 0 Å². The molecule has 0 saturated carbocycles. The van der Waals surface area contributed by atoms with Crippen LogP contribution in [-0.4, -0.2) is 23.9 Å². The van der Waals surface area contributed by atoms with E-state index in [2.05, 4.69) is 6.92 Å².